The van der Waals surface area contributed by atoms with Gasteiger partial charge in [-0.2, -0.15) is 0 Å². The number of quaternary nitrogens is 1. The molecule has 130 valence electrons. The number of amides is 1. The Morgan fingerprint density at radius 1 is 1.24 bits per heavy atom. The van der Waals surface area contributed by atoms with Crippen molar-refractivity contribution >= 4 is 39.1 Å². The summed E-state index contributed by atoms with van der Waals surface area (Å²) in [5.74, 6) is 0.0973. The molecule has 0 aliphatic carbocycles. The molecular weight excluding hydrogens is 354 g/mol. The van der Waals surface area contributed by atoms with Crippen LogP contribution in [-0.4, -0.2) is 29.4 Å². The topological polar surface area (TPSA) is 49.8 Å². The molecule has 1 heterocycles. The van der Waals surface area contributed by atoms with Gasteiger partial charge in [0, 0.05) is 17.6 Å². The van der Waals surface area contributed by atoms with Crippen LogP contribution in [-0.2, 0) is 11.3 Å². The van der Waals surface area contributed by atoms with Crippen molar-refractivity contribution in [3.05, 3.63) is 64.1 Å². The molecule has 0 saturated heterocycles. The van der Waals surface area contributed by atoms with E-state index in [1.165, 1.54) is 0 Å². The van der Waals surface area contributed by atoms with Gasteiger partial charge in [-0.25, -0.2) is 4.98 Å². The number of para-hydroxylation sites is 1. The molecule has 0 aliphatic heterocycles. The van der Waals surface area contributed by atoms with Gasteiger partial charge in [0.2, 0.25) is 0 Å². The van der Waals surface area contributed by atoms with Gasteiger partial charge in [0.05, 0.1) is 16.8 Å². The number of carbonyl (C=O) groups excluding carboxylic acids is 1. The summed E-state index contributed by atoms with van der Waals surface area (Å²) >= 11 is 7.55. The summed E-state index contributed by atoms with van der Waals surface area (Å²) < 4.78 is 1.15. The van der Waals surface area contributed by atoms with Crippen molar-refractivity contribution in [2.24, 2.45) is 0 Å². The lowest BCUT2D eigenvalue weighted by Crippen LogP contribution is -2.86. The van der Waals surface area contributed by atoms with Crippen molar-refractivity contribution in [2.75, 3.05) is 13.6 Å². The number of hydrogen-bond acceptors (Lipinski definition) is 3. The van der Waals surface area contributed by atoms with Gasteiger partial charge in [-0.1, -0.05) is 35.9 Å². The molecule has 0 bridgehead atoms. The van der Waals surface area contributed by atoms with E-state index in [0.717, 1.165) is 25.8 Å². The van der Waals surface area contributed by atoms with Gasteiger partial charge >= 0.3 is 0 Å². The smallest absolute Gasteiger partial charge is 0.277 e. The van der Waals surface area contributed by atoms with Crippen LogP contribution in [0.4, 0.5) is 0 Å². The second-order valence-electron chi connectivity index (χ2n) is 6.11. The third kappa shape index (κ3) is 4.57. The van der Waals surface area contributed by atoms with E-state index in [1.807, 2.05) is 54.8 Å². The van der Waals surface area contributed by atoms with Crippen LogP contribution in [0.5, 0.6) is 0 Å². The van der Waals surface area contributed by atoms with E-state index in [0.29, 0.717) is 13.1 Å². The summed E-state index contributed by atoms with van der Waals surface area (Å²) in [6.07, 6.45) is 0. The highest BCUT2D eigenvalue weighted by molar-refractivity contribution is 7.18. The molecule has 4 nitrogen and oxygen atoms in total. The Morgan fingerprint density at radius 3 is 2.68 bits per heavy atom. The van der Waals surface area contributed by atoms with Gasteiger partial charge in [-0.3, -0.25) is 4.79 Å². The fraction of sp³-hybridized carbons (Fsp3) is 0.263. The molecule has 0 unspecified atom stereocenters. The predicted octanol–water partition coefficient (Wildman–Crippen LogP) is 3.23. The van der Waals surface area contributed by atoms with Gasteiger partial charge in [-0.15, -0.1) is 11.3 Å². The first kappa shape index (κ1) is 17.9. The van der Waals surface area contributed by atoms with Crippen LogP contribution in [0, 0.1) is 0 Å². The molecule has 6 heteroatoms. The SMILES string of the molecule is C[C@H]([NH2+]CC(=O)N(C)Cc1nc2ccccc2s1)c1ccc(Cl)cc1. The number of carbonyl (C=O) groups is 1. The summed E-state index contributed by atoms with van der Waals surface area (Å²) in [5, 5.41) is 3.73. The van der Waals surface area contributed by atoms with E-state index in [-0.39, 0.29) is 11.9 Å². The van der Waals surface area contributed by atoms with E-state index in [1.54, 1.807) is 16.2 Å². The molecule has 1 aromatic heterocycles. The summed E-state index contributed by atoms with van der Waals surface area (Å²) in [6, 6.07) is 16.0. The van der Waals surface area contributed by atoms with Gasteiger partial charge < -0.3 is 10.2 Å². The van der Waals surface area contributed by atoms with Crippen molar-refractivity contribution in [1.82, 2.24) is 9.88 Å². The molecule has 3 aromatic rings. The Balaban J connectivity index is 1.54. The van der Waals surface area contributed by atoms with Crippen molar-refractivity contribution in [3.63, 3.8) is 0 Å². The second kappa shape index (κ2) is 7.95. The van der Waals surface area contributed by atoms with Crippen molar-refractivity contribution < 1.29 is 10.1 Å². The third-order valence-corrected chi connectivity index (χ3v) is 5.45. The van der Waals surface area contributed by atoms with Gasteiger partial charge in [0.15, 0.2) is 6.54 Å². The number of benzene rings is 2. The van der Waals surface area contributed by atoms with E-state index in [4.69, 9.17) is 11.6 Å². The fourth-order valence-corrected chi connectivity index (χ4v) is 3.76. The Kier molecular flexibility index (Phi) is 5.68. The van der Waals surface area contributed by atoms with E-state index in [9.17, 15) is 4.79 Å². The molecule has 0 radical (unpaired) electrons. The van der Waals surface area contributed by atoms with Crippen LogP contribution in [0.25, 0.3) is 10.2 Å². The van der Waals surface area contributed by atoms with Crippen molar-refractivity contribution in [2.45, 2.75) is 19.5 Å². The normalized spacial score (nSPS) is 12.3. The van der Waals surface area contributed by atoms with Gasteiger partial charge in [0.1, 0.15) is 11.0 Å². The average Bonchev–Trinajstić information content (AvgIpc) is 3.02. The Hall–Kier alpha value is -1.95. The first-order valence-electron chi connectivity index (χ1n) is 8.20. The third-order valence-electron chi connectivity index (χ3n) is 4.18. The van der Waals surface area contributed by atoms with E-state index < -0.39 is 0 Å². The van der Waals surface area contributed by atoms with Crippen LogP contribution < -0.4 is 5.32 Å². The molecule has 1 atom stereocenters. The highest BCUT2D eigenvalue weighted by atomic mass is 35.5. The van der Waals surface area contributed by atoms with Crippen molar-refractivity contribution in [1.29, 1.82) is 0 Å². The molecule has 2 aromatic carbocycles. The first-order chi connectivity index (χ1) is 12.0. The molecular formula is C19H21ClN3OS+. The number of nitrogens with zero attached hydrogens (tertiary/aromatic N) is 2. The Labute approximate surface area is 156 Å². The molecule has 25 heavy (non-hydrogen) atoms. The minimum absolute atomic E-state index is 0.0973. The first-order valence-corrected chi connectivity index (χ1v) is 9.39. The zero-order chi connectivity index (χ0) is 17.8. The molecule has 3 rings (SSSR count). The standard InChI is InChI=1S/C19H20ClN3OS/c1-13(14-7-9-15(20)10-8-14)21-11-19(24)23(2)12-18-22-16-5-3-4-6-17(16)25-18/h3-10,13,21H,11-12H2,1-2H3/p+1/t13-/m0/s1. The quantitative estimate of drug-likeness (QED) is 0.720. The van der Waals surface area contributed by atoms with Crippen LogP contribution in [0.2, 0.25) is 5.02 Å². The molecule has 0 fully saturated rings. The van der Waals surface area contributed by atoms with Gasteiger partial charge in [0.25, 0.3) is 5.91 Å². The lowest BCUT2D eigenvalue weighted by molar-refractivity contribution is -0.683. The summed E-state index contributed by atoms with van der Waals surface area (Å²) in [6.45, 7) is 3.04. The number of rotatable bonds is 6. The molecule has 0 saturated carbocycles. The van der Waals surface area contributed by atoms with Crippen LogP contribution in [0.3, 0.4) is 0 Å². The van der Waals surface area contributed by atoms with Gasteiger partial charge in [-0.05, 0) is 31.2 Å². The maximum absolute atomic E-state index is 12.4. The van der Waals surface area contributed by atoms with Crippen LogP contribution in [0.15, 0.2) is 48.5 Å². The highest BCUT2D eigenvalue weighted by Gasteiger charge is 2.16. The van der Waals surface area contributed by atoms with Crippen LogP contribution in [0.1, 0.15) is 23.5 Å². The molecule has 0 aliphatic rings. The molecule has 0 spiro atoms. The number of hydrogen-bond donors (Lipinski definition) is 1. The zero-order valence-corrected chi connectivity index (χ0v) is 15.8. The second-order valence-corrected chi connectivity index (χ2v) is 7.66. The Bertz CT molecular complexity index is 829. The molecule has 2 N–H and O–H groups in total. The van der Waals surface area contributed by atoms with Crippen molar-refractivity contribution in [3.8, 4) is 0 Å². The zero-order valence-electron chi connectivity index (χ0n) is 14.3. The number of thiazole rings is 1. The number of halogens is 1. The lowest BCUT2D eigenvalue weighted by Gasteiger charge is -2.16. The minimum Gasteiger partial charge on any atom is -0.334 e. The highest BCUT2D eigenvalue weighted by Crippen LogP contribution is 2.22. The number of aromatic nitrogens is 1. The fourth-order valence-electron chi connectivity index (χ4n) is 2.61. The monoisotopic (exact) mass is 374 g/mol. The summed E-state index contributed by atoms with van der Waals surface area (Å²) in [5.41, 5.74) is 2.15. The maximum Gasteiger partial charge on any atom is 0.277 e. The lowest BCUT2D eigenvalue weighted by atomic mass is 10.1. The summed E-state index contributed by atoms with van der Waals surface area (Å²) in [7, 11) is 1.83. The largest absolute Gasteiger partial charge is 0.334 e. The predicted molar refractivity (Wildman–Crippen MR) is 103 cm³/mol. The van der Waals surface area contributed by atoms with Crippen LogP contribution >= 0.6 is 22.9 Å². The summed E-state index contributed by atoms with van der Waals surface area (Å²) in [4.78, 5) is 18.7. The maximum atomic E-state index is 12.4. The Morgan fingerprint density at radius 2 is 1.96 bits per heavy atom. The number of likely N-dealkylation sites (N-methyl/N-ethyl adjacent to an activating group) is 1. The average molecular weight is 375 g/mol. The van der Waals surface area contributed by atoms with E-state index >= 15 is 0 Å². The molecule has 1 amide bonds. The number of fused-ring (bicyclic) bond motifs is 1. The minimum atomic E-state index is 0.0973. The number of nitrogens with two attached hydrogens (primary N) is 1. The van der Waals surface area contributed by atoms with E-state index in [2.05, 4.69) is 18.0 Å².